The van der Waals surface area contributed by atoms with Crippen LogP contribution in [0.1, 0.15) is 57.4 Å². The quantitative estimate of drug-likeness (QED) is 0.396. The van der Waals surface area contributed by atoms with Gasteiger partial charge >= 0.3 is 0 Å². The van der Waals surface area contributed by atoms with Crippen LogP contribution in [0.5, 0.6) is 11.5 Å². The van der Waals surface area contributed by atoms with Crippen molar-refractivity contribution in [2.75, 3.05) is 31.3 Å². The van der Waals surface area contributed by atoms with Crippen molar-refractivity contribution in [2.45, 2.75) is 70.5 Å². The minimum Gasteiger partial charge on any atom is -0.497 e. The second-order valence-electron chi connectivity index (χ2n) is 10.0. The number of nitrogens with one attached hydrogen (secondary N) is 1. The number of hydrogen-bond acceptors (Lipinski definition) is 6. The first-order valence-electron chi connectivity index (χ1n) is 13.5. The molecule has 0 heterocycles. The molecule has 1 aliphatic carbocycles. The predicted molar refractivity (Wildman–Crippen MR) is 152 cm³/mol. The molecule has 9 nitrogen and oxygen atoms in total. The van der Waals surface area contributed by atoms with Crippen LogP contribution in [0.2, 0.25) is 0 Å². The van der Waals surface area contributed by atoms with Crippen LogP contribution >= 0.6 is 0 Å². The first-order chi connectivity index (χ1) is 18.6. The van der Waals surface area contributed by atoms with Gasteiger partial charge in [-0.2, -0.15) is 0 Å². The SMILES string of the molecule is COc1cccc(CN(C(=O)CCCN(c2ccccc2OC)S(C)(=O)=O)C(C)C(=O)NC2CCCCC2)c1. The Kier molecular flexibility index (Phi) is 11.0. The maximum absolute atomic E-state index is 13.6. The molecular weight excluding hydrogens is 518 g/mol. The normalized spacial score (nSPS) is 14.8. The van der Waals surface area contributed by atoms with Crippen LogP contribution < -0.4 is 19.1 Å². The van der Waals surface area contributed by atoms with Gasteiger partial charge in [0.25, 0.3) is 0 Å². The van der Waals surface area contributed by atoms with Crippen LogP contribution in [-0.4, -0.2) is 64.2 Å². The highest BCUT2D eigenvalue weighted by molar-refractivity contribution is 7.92. The maximum Gasteiger partial charge on any atom is 0.242 e. The van der Waals surface area contributed by atoms with E-state index in [4.69, 9.17) is 9.47 Å². The van der Waals surface area contributed by atoms with Gasteiger partial charge in [-0.25, -0.2) is 8.42 Å². The maximum atomic E-state index is 13.6. The number of methoxy groups -OCH3 is 2. The molecule has 3 rings (SSSR count). The van der Waals surface area contributed by atoms with E-state index in [2.05, 4.69) is 5.32 Å². The first kappa shape index (κ1) is 30.3. The number of ether oxygens (including phenoxy) is 2. The number of carbonyl (C=O) groups is 2. The molecule has 2 aromatic rings. The van der Waals surface area contributed by atoms with Gasteiger partial charge in [0.2, 0.25) is 21.8 Å². The van der Waals surface area contributed by atoms with Gasteiger partial charge in [-0.1, -0.05) is 43.5 Å². The molecular formula is C29H41N3O6S. The molecule has 214 valence electrons. The molecule has 1 atom stereocenters. The van der Waals surface area contributed by atoms with Gasteiger partial charge in [0, 0.05) is 25.6 Å². The van der Waals surface area contributed by atoms with E-state index in [1.54, 1.807) is 43.2 Å². The fourth-order valence-electron chi connectivity index (χ4n) is 4.94. The smallest absolute Gasteiger partial charge is 0.242 e. The molecule has 1 aliphatic rings. The minimum absolute atomic E-state index is 0.0756. The number of rotatable bonds is 13. The summed E-state index contributed by atoms with van der Waals surface area (Å²) in [5.74, 6) is 0.698. The van der Waals surface area contributed by atoms with E-state index in [9.17, 15) is 18.0 Å². The van der Waals surface area contributed by atoms with Crippen molar-refractivity contribution in [3.63, 3.8) is 0 Å². The predicted octanol–water partition coefficient (Wildman–Crippen LogP) is 4.12. The summed E-state index contributed by atoms with van der Waals surface area (Å²) >= 11 is 0. The van der Waals surface area contributed by atoms with Crippen molar-refractivity contribution in [1.29, 1.82) is 0 Å². The second-order valence-corrected chi connectivity index (χ2v) is 11.9. The van der Waals surface area contributed by atoms with Crippen LogP contribution in [0.3, 0.4) is 0 Å². The lowest BCUT2D eigenvalue weighted by Gasteiger charge is -2.31. The summed E-state index contributed by atoms with van der Waals surface area (Å²) in [6, 6.07) is 13.7. The summed E-state index contributed by atoms with van der Waals surface area (Å²) in [5.41, 5.74) is 1.26. The number of anilines is 1. The largest absolute Gasteiger partial charge is 0.497 e. The molecule has 1 fully saturated rings. The third kappa shape index (κ3) is 8.61. The third-order valence-electron chi connectivity index (χ3n) is 7.11. The van der Waals surface area contributed by atoms with E-state index >= 15 is 0 Å². The van der Waals surface area contributed by atoms with Crippen LogP contribution in [0.4, 0.5) is 5.69 Å². The van der Waals surface area contributed by atoms with Gasteiger partial charge in [-0.15, -0.1) is 0 Å². The zero-order valence-corrected chi connectivity index (χ0v) is 24.2. The van der Waals surface area contributed by atoms with Crippen LogP contribution in [0, 0.1) is 0 Å². The Balaban J connectivity index is 1.75. The van der Waals surface area contributed by atoms with Gasteiger partial charge in [-0.3, -0.25) is 13.9 Å². The molecule has 2 amide bonds. The zero-order valence-electron chi connectivity index (χ0n) is 23.4. The lowest BCUT2D eigenvalue weighted by atomic mass is 9.95. The molecule has 0 aromatic heterocycles. The van der Waals surface area contributed by atoms with E-state index in [1.807, 2.05) is 24.3 Å². The van der Waals surface area contributed by atoms with Gasteiger partial charge in [0.15, 0.2) is 0 Å². The third-order valence-corrected chi connectivity index (χ3v) is 8.29. The molecule has 0 spiro atoms. The highest BCUT2D eigenvalue weighted by atomic mass is 32.2. The average molecular weight is 560 g/mol. The zero-order chi connectivity index (χ0) is 28.4. The minimum atomic E-state index is -3.62. The summed E-state index contributed by atoms with van der Waals surface area (Å²) in [6.45, 7) is 2.08. The Morgan fingerprint density at radius 1 is 1.03 bits per heavy atom. The number of carbonyl (C=O) groups excluding carboxylic acids is 2. The molecule has 0 saturated heterocycles. The summed E-state index contributed by atoms with van der Waals surface area (Å²) in [6.07, 6.45) is 6.75. The highest BCUT2D eigenvalue weighted by Gasteiger charge is 2.29. The van der Waals surface area contributed by atoms with Crippen LogP contribution in [0.15, 0.2) is 48.5 Å². The molecule has 39 heavy (non-hydrogen) atoms. The van der Waals surface area contributed by atoms with Crippen molar-refractivity contribution in [3.8, 4) is 11.5 Å². The van der Waals surface area contributed by atoms with Crippen molar-refractivity contribution >= 4 is 27.5 Å². The Morgan fingerprint density at radius 3 is 2.41 bits per heavy atom. The summed E-state index contributed by atoms with van der Waals surface area (Å²) in [5, 5.41) is 3.13. The van der Waals surface area contributed by atoms with Gasteiger partial charge < -0.3 is 19.7 Å². The van der Waals surface area contributed by atoms with E-state index in [0.717, 1.165) is 37.5 Å². The summed E-state index contributed by atoms with van der Waals surface area (Å²) < 4.78 is 37.2. The molecule has 1 N–H and O–H groups in total. The number of amides is 2. The van der Waals surface area contributed by atoms with Crippen molar-refractivity contribution < 1.29 is 27.5 Å². The molecule has 0 aliphatic heterocycles. The van der Waals surface area contributed by atoms with E-state index in [1.165, 1.54) is 17.8 Å². The van der Waals surface area contributed by atoms with E-state index in [0.29, 0.717) is 17.2 Å². The average Bonchev–Trinajstić information content (AvgIpc) is 2.93. The van der Waals surface area contributed by atoms with Crippen molar-refractivity contribution in [1.82, 2.24) is 10.2 Å². The number of nitrogens with zero attached hydrogens (tertiary/aromatic N) is 2. The van der Waals surface area contributed by atoms with Gasteiger partial charge in [0.05, 0.1) is 26.2 Å². The second kappa shape index (κ2) is 14.2. The monoisotopic (exact) mass is 559 g/mol. The van der Waals surface area contributed by atoms with Gasteiger partial charge in [-0.05, 0) is 56.0 Å². The molecule has 1 unspecified atom stereocenters. The lowest BCUT2D eigenvalue weighted by molar-refractivity contribution is -0.141. The fraction of sp³-hybridized carbons (Fsp3) is 0.517. The molecule has 2 aromatic carbocycles. The number of hydrogen-bond donors (Lipinski definition) is 1. The highest BCUT2D eigenvalue weighted by Crippen LogP contribution is 2.30. The standard InChI is InChI=1S/C29H41N3O6S/c1-22(29(34)30-24-13-6-5-7-14-24)31(21-23-12-10-15-25(20-23)37-2)28(33)18-11-19-32(39(4,35)36)26-16-8-9-17-27(26)38-3/h8-10,12,15-17,20,22,24H,5-7,11,13-14,18-19,21H2,1-4H3,(H,30,34). The Bertz CT molecular complexity index is 1210. The molecule has 1 saturated carbocycles. The van der Waals surface area contributed by atoms with Gasteiger partial charge in [0.1, 0.15) is 17.5 Å². The van der Waals surface area contributed by atoms with Crippen molar-refractivity contribution in [3.05, 3.63) is 54.1 Å². The summed E-state index contributed by atoms with van der Waals surface area (Å²) in [7, 11) is -0.555. The molecule has 0 radical (unpaired) electrons. The van der Waals surface area contributed by atoms with E-state index < -0.39 is 16.1 Å². The topological polar surface area (TPSA) is 105 Å². The summed E-state index contributed by atoms with van der Waals surface area (Å²) in [4.78, 5) is 28.3. The Hall–Kier alpha value is -3.27. The van der Waals surface area contributed by atoms with E-state index in [-0.39, 0.29) is 43.8 Å². The van der Waals surface area contributed by atoms with Crippen molar-refractivity contribution in [2.24, 2.45) is 0 Å². The van der Waals surface area contributed by atoms with Crippen LogP contribution in [0.25, 0.3) is 0 Å². The Morgan fingerprint density at radius 2 is 1.74 bits per heavy atom. The Labute approximate surface area is 232 Å². The first-order valence-corrected chi connectivity index (χ1v) is 15.3. The number of para-hydroxylation sites is 2. The number of benzene rings is 2. The lowest BCUT2D eigenvalue weighted by Crippen LogP contribution is -2.50. The molecule has 0 bridgehead atoms. The number of sulfonamides is 1. The molecule has 10 heteroatoms. The van der Waals surface area contributed by atoms with Crippen LogP contribution in [-0.2, 0) is 26.2 Å². The fourth-order valence-corrected chi connectivity index (χ4v) is 5.91.